The molecule has 0 saturated carbocycles. The largest absolute Gasteiger partial charge is 0.150 e. The summed E-state index contributed by atoms with van der Waals surface area (Å²) in [4.78, 5) is 0. The molecule has 0 nitrogen and oxygen atoms in total. The smallest absolute Gasteiger partial charge is 0.0750 e. The van der Waals surface area contributed by atoms with E-state index in [0.717, 1.165) is 0 Å². The minimum Gasteiger partial charge on any atom is -0.0750 e. The first-order valence-electron chi connectivity index (χ1n) is 5.86. The Kier molecular flexibility index (Phi) is 5.97. The fraction of sp³-hybridized carbons (Fsp3) is 0.200. The van der Waals surface area contributed by atoms with Crippen LogP contribution in [0.15, 0.2) is 60.7 Å². The number of hydrogen-bond donors (Lipinski definition) is 0. The molecular formula is C15H11Br5. The highest BCUT2D eigenvalue weighted by Gasteiger charge is 2.53. The highest BCUT2D eigenvalue weighted by atomic mass is 80.0. The second-order valence-electron chi connectivity index (χ2n) is 4.34. The molecule has 0 bridgehead atoms. The molecule has 0 aliphatic carbocycles. The van der Waals surface area contributed by atoms with E-state index in [0.29, 0.717) is 0 Å². The van der Waals surface area contributed by atoms with Crippen LogP contribution in [0.4, 0.5) is 0 Å². The molecule has 0 unspecified atom stereocenters. The number of benzene rings is 2. The molecule has 2 rings (SSSR count). The normalized spacial score (nSPS) is 12.7. The molecule has 106 valence electrons. The highest BCUT2D eigenvalue weighted by molar-refractivity contribution is 9.39. The number of rotatable bonds is 3. The number of hydrogen-bond acceptors (Lipinski definition) is 0. The van der Waals surface area contributed by atoms with Crippen molar-refractivity contribution in [3.8, 4) is 0 Å². The predicted molar refractivity (Wildman–Crippen MR) is 105 cm³/mol. The van der Waals surface area contributed by atoms with Gasteiger partial charge in [0.25, 0.3) is 0 Å². The summed E-state index contributed by atoms with van der Waals surface area (Å²) in [6.45, 7) is 0. The van der Waals surface area contributed by atoms with Crippen LogP contribution in [0, 0.1) is 0 Å². The van der Waals surface area contributed by atoms with E-state index in [1.807, 2.05) is 36.4 Å². The van der Waals surface area contributed by atoms with E-state index >= 15 is 0 Å². The molecule has 20 heavy (non-hydrogen) atoms. The van der Waals surface area contributed by atoms with Crippen LogP contribution in [-0.2, 0) is 5.41 Å². The van der Waals surface area contributed by atoms with Crippen LogP contribution in [0.5, 0.6) is 0 Å². The summed E-state index contributed by atoms with van der Waals surface area (Å²) in [7, 11) is 0. The molecule has 0 aliphatic heterocycles. The van der Waals surface area contributed by atoms with E-state index < -0.39 is 7.56 Å². The average molecular weight is 591 g/mol. The molecule has 2 aromatic carbocycles. The molecular weight excluding hydrogens is 580 g/mol. The lowest BCUT2D eigenvalue weighted by atomic mass is 9.78. The summed E-state index contributed by atoms with van der Waals surface area (Å²) in [6, 6.07) is 20.7. The Bertz CT molecular complexity index is 506. The van der Waals surface area contributed by atoms with Crippen LogP contribution >= 0.6 is 79.6 Å². The van der Waals surface area contributed by atoms with Gasteiger partial charge in [0.1, 0.15) is 0 Å². The van der Waals surface area contributed by atoms with E-state index in [1.165, 1.54) is 11.1 Å². The molecule has 0 N–H and O–H groups in total. The standard InChI is InChI=1S/C15H11Br5/c16-13(17)14(15(18,19)20,11-7-3-1-4-8-11)12-9-5-2-6-10-12/h1-10,13H. The SMILES string of the molecule is BrC(Br)C(c1ccccc1)(c1ccccc1)C(Br)(Br)Br. The summed E-state index contributed by atoms with van der Waals surface area (Å²) >= 11 is 18.7. The van der Waals surface area contributed by atoms with E-state index in [1.54, 1.807) is 0 Å². The van der Waals surface area contributed by atoms with Gasteiger partial charge in [-0.2, -0.15) is 0 Å². The van der Waals surface area contributed by atoms with Gasteiger partial charge in [-0.15, -0.1) is 0 Å². The van der Waals surface area contributed by atoms with Gasteiger partial charge >= 0.3 is 0 Å². The molecule has 0 aliphatic rings. The number of alkyl halides is 5. The Morgan fingerprint density at radius 3 is 1.25 bits per heavy atom. The van der Waals surface area contributed by atoms with Crippen LogP contribution in [-0.4, -0.2) is 5.88 Å². The van der Waals surface area contributed by atoms with Crippen molar-refractivity contribution in [1.82, 2.24) is 0 Å². The van der Waals surface area contributed by atoms with Crippen molar-refractivity contribution in [3.05, 3.63) is 71.8 Å². The minimum absolute atomic E-state index is 0.00502. The maximum absolute atomic E-state index is 3.75. The third kappa shape index (κ3) is 3.12. The molecule has 0 spiro atoms. The van der Waals surface area contributed by atoms with Gasteiger partial charge in [0.15, 0.2) is 2.14 Å². The van der Waals surface area contributed by atoms with Gasteiger partial charge in [-0.1, -0.05) is 140 Å². The van der Waals surface area contributed by atoms with Crippen molar-refractivity contribution in [2.24, 2.45) is 0 Å². The van der Waals surface area contributed by atoms with Crippen molar-refractivity contribution in [1.29, 1.82) is 0 Å². The molecule has 5 heteroatoms. The lowest BCUT2D eigenvalue weighted by Crippen LogP contribution is -2.45. The summed E-state index contributed by atoms with van der Waals surface area (Å²) in [5, 5.41) is 0. The first-order valence-corrected chi connectivity index (χ1v) is 10.1. The summed E-state index contributed by atoms with van der Waals surface area (Å²) in [5.74, 6) is 0. The maximum Gasteiger partial charge on any atom is 0.150 e. The maximum atomic E-state index is 3.75. The first-order chi connectivity index (χ1) is 9.40. The Morgan fingerprint density at radius 2 is 1.00 bits per heavy atom. The monoisotopic (exact) mass is 586 g/mol. The van der Waals surface area contributed by atoms with Crippen LogP contribution in [0.2, 0.25) is 0 Å². The van der Waals surface area contributed by atoms with Crippen molar-refractivity contribution in [3.63, 3.8) is 0 Å². The Morgan fingerprint density at radius 1 is 0.650 bits per heavy atom. The summed E-state index contributed by atoms with van der Waals surface area (Å²) < 4.78 is -0.508. The lowest BCUT2D eigenvalue weighted by molar-refractivity contribution is 0.619. The second kappa shape index (κ2) is 6.95. The average Bonchev–Trinajstić information content (AvgIpc) is 2.40. The van der Waals surface area contributed by atoms with Crippen LogP contribution in [0.1, 0.15) is 11.1 Å². The third-order valence-electron chi connectivity index (χ3n) is 3.23. The Balaban J connectivity index is 2.78. The second-order valence-corrected chi connectivity index (χ2v) is 14.2. The van der Waals surface area contributed by atoms with Gasteiger partial charge < -0.3 is 0 Å². The molecule has 2 aromatic rings. The van der Waals surface area contributed by atoms with Crippen molar-refractivity contribution in [2.75, 3.05) is 0 Å². The Hall–Kier alpha value is 0.840. The van der Waals surface area contributed by atoms with E-state index in [2.05, 4.69) is 104 Å². The zero-order valence-corrected chi connectivity index (χ0v) is 18.2. The van der Waals surface area contributed by atoms with E-state index in [-0.39, 0.29) is 3.74 Å². The molecule has 0 heterocycles. The van der Waals surface area contributed by atoms with Crippen LogP contribution in [0.3, 0.4) is 0 Å². The van der Waals surface area contributed by atoms with Crippen LogP contribution in [0.25, 0.3) is 0 Å². The van der Waals surface area contributed by atoms with Gasteiger partial charge in [-0.05, 0) is 11.1 Å². The van der Waals surface area contributed by atoms with Gasteiger partial charge in [0, 0.05) is 0 Å². The fourth-order valence-corrected chi connectivity index (χ4v) is 7.92. The van der Waals surface area contributed by atoms with Crippen molar-refractivity contribution < 1.29 is 0 Å². The van der Waals surface area contributed by atoms with Crippen LogP contribution < -0.4 is 0 Å². The van der Waals surface area contributed by atoms with Gasteiger partial charge in [0.05, 0.1) is 9.15 Å². The van der Waals surface area contributed by atoms with Gasteiger partial charge in [-0.25, -0.2) is 0 Å². The zero-order chi connectivity index (χ0) is 14.8. The molecule has 0 saturated heterocycles. The summed E-state index contributed by atoms with van der Waals surface area (Å²) in [5.41, 5.74) is 1.96. The fourth-order valence-electron chi connectivity index (χ4n) is 2.27. The molecule has 0 amide bonds. The first kappa shape index (κ1) is 17.2. The van der Waals surface area contributed by atoms with Crippen molar-refractivity contribution in [2.45, 2.75) is 11.3 Å². The molecule has 0 radical (unpaired) electrons. The molecule has 0 atom stereocenters. The molecule has 0 fully saturated rings. The number of halogens is 5. The van der Waals surface area contributed by atoms with E-state index in [4.69, 9.17) is 0 Å². The molecule has 0 aromatic heterocycles. The lowest BCUT2D eigenvalue weighted by Gasteiger charge is -2.43. The zero-order valence-electron chi connectivity index (χ0n) is 10.2. The summed E-state index contributed by atoms with van der Waals surface area (Å²) in [6.07, 6.45) is 0. The predicted octanol–water partition coefficient (Wildman–Crippen LogP) is 6.93. The minimum atomic E-state index is -0.514. The van der Waals surface area contributed by atoms with Gasteiger partial charge in [0.2, 0.25) is 0 Å². The van der Waals surface area contributed by atoms with Crippen molar-refractivity contribution >= 4 is 79.6 Å². The third-order valence-corrected chi connectivity index (χ3v) is 6.48. The van der Waals surface area contributed by atoms with Gasteiger partial charge in [-0.3, -0.25) is 0 Å². The Labute approximate surface area is 161 Å². The highest BCUT2D eigenvalue weighted by Crippen LogP contribution is 2.59. The quantitative estimate of drug-likeness (QED) is 0.340. The topological polar surface area (TPSA) is 0 Å². The van der Waals surface area contributed by atoms with E-state index in [9.17, 15) is 0 Å².